The Balaban J connectivity index is 2.01. The van der Waals surface area contributed by atoms with Crippen molar-refractivity contribution in [2.75, 3.05) is 13.2 Å². The van der Waals surface area contributed by atoms with E-state index in [1.807, 2.05) is 0 Å². The molecule has 0 saturated carbocycles. The molecule has 1 heterocycles. The molecular formula is C10H11BF3O2-. The van der Waals surface area contributed by atoms with E-state index in [9.17, 15) is 12.9 Å². The number of halogens is 3. The van der Waals surface area contributed by atoms with Gasteiger partial charge in [0, 0.05) is 6.42 Å². The van der Waals surface area contributed by atoms with Crippen LogP contribution in [0.25, 0.3) is 0 Å². The summed E-state index contributed by atoms with van der Waals surface area (Å²) in [4.78, 5) is 0. The summed E-state index contributed by atoms with van der Waals surface area (Å²) in [6, 6.07) is 4.79. The van der Waals surface area contributed by atoms with Gasteiger partial charge in [-0.25, -0.2) is 0 Å². The zero-order valence-corrected chi connectivity index (χ0v) is 8.54. The molecule has 1 unspecified atom stereocenters. The van der Waals surface area contributed by atoms with E-state index in [4.69, 9.17) is 9.47 Å². The molecule has 0 aromatic heterocycles. The van der Waals surface area contributed by atoms with E-state index < -0.39 is 12.4 Å². The highest BCUT2D eigenvalue weighted by atomic mass is 19.4. The lowest BCUT2D eigenvalue weighted by Crippen LogP contribution is -2.33. The van der Waals surface area contributed by atoms with E-state index >= 15 is 0 Å². The molecule has 0 spiro atoms. The zero-order valence-electron chi connectivity index (χ0n) is 8.54. The number of ether oxygens (including phenoxy) is 2. The van der Waals surface area contributed by atoms with Gasteiger partial charge < -0.3 is 22.4 Å². The second-order valence-electron chi connectivity index (χ2n) is 3.75. The highest BCUT2D eigenvalue weighted by Gasteiger charge is 2.25. The van der Waals surface area contributed by atoms with Crippen LogP contribution in [-0.2, 0) is 4.74 Å². The Hall–Kier alpha value is -1.17. The van der Waals surface area contributed by atoms with Crippen molar-refractivity contribution in [2.24, 2.45) is 0 Å². The fraction of sp³-hybridized carbons (Fsp3) is 0.400. The van der Waals surface area contributed by atoms with Crippen molar-refractivity contribution in [1.82, 2.24) is 0 Å². The summed E-state index contributed by atoms with van der Waals surface area (Å²) in [6.45, 7) is -3.77. The van der Waals surface area contributed by atoms with Crippen LogP contribution in [0.15, 0.2) is 24.3 Å². The summed E-state index contributed by atoms with van der Waals surface area (Å²) >= 11 is 0. The molecule has 0 aliphatic carbocycles. The van der Waals surface area contributed by atoms with Crippen molar-refractivity contribution >= 4 is 12.4 Å². The normalized spacial score (nSPS) is 21.1. The fourth-order valence-electron chi connectivity index (χ4n) is 1.56. The van der Waals surface area contributed by atoms with E-state index in [2.05, 4.69) is 0 Å². The summed E-state index contributed by atoms with van der Waals surface area (Å²) in [5, 5.41) is 0. The Labute approximate surface area is 91.4 Å². The maximum Gasteiger partial charge on any atom is 0.509 e. The Morgan fingerprint density at radius 3 is 2.38 bits per heavy atom. The largest absolute Gasteiger partial charge is 0.509 e. The molecule has 16 heavy (non-hydrogen) atoms. The van der Waals surface area contributed by atoms with E-state index in [1.54, 1.807) is 0 Å². The molecule has 0 radical (unpaired) electrons. The maximum absolute atomic E-state index is 12.3. The van der Waals surface area contributed by atoms with Crippen molar-refractivity contribution in [1.29, 1.82) is 0 Å². The van der Waals surface area contributed by atoms with Gasteiger partial charge in [0.2, 0.25) is 0 Å². The van der Waals surface area contributed by atoms with Crippen LogP contribution in [0.2, 0.25) is 0 Å². The standard InChI is InChI=1S/C10H11BF3O2/c12-11(13,14)8-1-3-9(4-2-8)16-10-5-6-15-7-10/h1-4,10H,5-7H2/q-1. The average Bonchev–Trinajstić information content (AvgIpc) is 2.70. The average molecular weight is 231 g/mol. The molecule has 0 bridgehead atoms. The van der Waals surface area contributed by atoms with Gasteiger partial charge in [-0.2, -0.15) is 0 Å². The first-order valence-electron chi connectivity index (χ1n) is 5.10. The van der Waals surface area contributed by atoms with Gasteiger partial charge in [0.05, 0.1) is 13.2 Å². The number of hydrogen-bond donors (Lipinski definition) is 0. The summed E-state index contributed by atoms with van der Waals surface area (Å²) in [5.41, 5.74) is -0.602. The molecule has 2 nitrogen and oxygen atoms in total. The molecular weight excluding hydrogens is 220 g/mol. The van der Waals surface area contributed by atoms with Crippen molar-refractivity contribution < 1.29 is 22.4 Å². The molecule has 1 fully saturated rings. The van der Waals surface area contributed by atoms with Crippen molar-refractivity contribution in [2.45, 2.75) is 12.5 Å². The Morgan fingerprint density at radius 2 is 1.88 bits per heavy atom. The second-order valence-corrected chi connectivity index (χ2v) is 3.75. The van der Waals surface area contributed by atoms with Gasteiger partial charge in [-0.15, -0.1) is 5.46 Å². The highest BCUT2D eigenvalue weighted by molar-refractivity contribution is 6.73. The van der Waals surface area contributed by atoms with Crippen LogP contribution in [0.4, 0.5) is 12.9 Å². The Bertz CT molecular complexity index is 344. The number of rotatable bonds is 3. The highest BCUT2D eigenvalue weighted by Crippen LogP contribution is 2.17. The summed E-state index contributed by atoms with van der Waals surface area (Å²) < 4.78 is 47.5. The van der Waals surface area contributed by atoms with Gasteiger partial charge in [-0.3, -0.25) is 0 Å². The first kappa shape index (κ1) is 11.3. The van der Waals surface area contributed by atoms with Gasteiger partial charge in [0.25, 0.3) is 0 Å². The van der Waals surface area contributed by atoms with Gasteiger partial charge in [0.15, 0.2) is 0 Å². The molecule has 1 aromatic rings. The van der Waals surface area contributed by atoms with E-state index in [-0.39, 0.29) is 6.10 Å². The van der Waals surface area contributed by atoms with Crippen molar-refractivity contribution in [3.63, 3.8) is 0 Å². The van der Waals surface area contributed by atoms with Gasteiger partial charge in [0.1, 0.15) is 11.9 Å². The molecule has 1 aliphatic rings. The molecule has 2 rings (SSSR count). The van der Waals surface area contributed by atoms with E-state index in [0.29, 0.717) is 19.0 Å². The van der Waals surface area contributed by atoms with Gasteiger partial charge >= 0.3 is 6.98 Å². The minimum absolute atomic E-state index is 0.0396. The third-order valence-electron chi connectivity index (χ3n) is 2.45. The van der Waals surface area contributed by atoms with E-state index in [0.717, 1.165) is 18.6 Å². The predicted octanol–water partition coefficient (Wildman–Crippen LogP) is 1.91. The number of benzene rings is 1. The lowest BCUT2D eigenvalue weighted by molar-refractivity contribution is 0.141. The van der Waals surface area contributed by atoms with Crippen LogP contribution in [0, 0.1) is 0 Å². The van der Waals surface area contributed by atoms with Crippen LogP contribution in [-0.4, -0.2) is 26.3 Å². The van der Waals surface area contributed by atoms with Crippen LogP contribution < -0.4 is 10.2 Å². The molecule has 1 aromatic carbocycles. The maximum atomic E-state index is 12.3. The van der Waals surface area contributed by atoms with Gasteiger partial charge in [-0.1, -0.05) is 12.1 Å². The monoisotopic (exact) mass is 231 g/mol. The smallest absolute Gasteiger partial charge is 0.488 e. The summed E-state index contributed by atoms with van der Waals surface area (Å²) in [5.74, 6) is 0.458. The number of hydrogen-bond acceptors (Lipinski definition) is 2. The molecule has 88 valence electrons. The quantitative estimate of drug-likeness (QED) is 0.739. The molecule has 0 N–H and O–H groups in total. The van der Waals surface area contributed by atoms with Crippen LogP contribution >= 0.6 is 0 Å². The van der Waals surface area contributed by atoms with Gasteiger partial charge in [-0.05, 0) is 12.1 Å². The second kappa shape index (κ2) is 4.37. The van der Waals surface area contributed by atoms with Crippen LogP contribution in [0.5, 0.6) is 5.75 Å². The summed E-state index contributed by atoms with van der Waals surface area (Å²) in [6.07, 6.45) is 0.743. The Morgan fingerprint density at radius 1 is 1.19 bits per heavy atom. The van der Waals surface area contributed by atoms with Crippen LogP contribution in [0.1, 0.15) is 6.42 Å². The first-order chi connectivity index (χ1) is 7.55. The lowest BCUT2D eigenvalue weighted by atomic mass is 9.80. The SMILES string of the molecule is F[B-](F)(F)c1ccc(OC2CCOC2)cc1. The minimum Gasteiger partial charge on any atom is -0.488 e. The predicted molar refractivity (Wildman–Crippen MR) is 55.0 cm³/mol. The molecule has 1 aliphatic heterocycles. The molecule has 1 saturated heterocycles. The molecule has 6 heteroatoms. The molecule has 1 atom stereocenters. The van der Waals surface area contributed by atoms with E-state index in [1.165, 1.54) is 12.1 Å². The topological polar surface area (TPSA) is 18.5 Å². The third kappa shape index (κ3) is 2.69. The zero-order chi connectivity index (χ0) is 11.6. The fourth-order valence-corrected chi connectivity index (χ4v) is 1.56. The van der Waals surface area contributed by atoms with Crippen LogP contribution in [0.3, 0.4) is 0 Å². The first-order valence-corrected chi connectivity index (χ1v) is 5.10. The van der Waals surface area contributed by atoms with Crippen molar-refractivity contribution in [3.8, 4) is 5.75 Å². The van der Waals surface area contributed by atoms with Crippen molar-refractivity contribution in [3.05, 3.63) is 24.3 Å². The Kier molecular flexibility index (Phi) is 3.09. The molecule has 0 amide bonds. The minimum atomic E-state index is -4.92. The lowest BCUT2D eigenvalue weighted by Gasteiger charge is -2.16. The summed E-state index contributed by atoms with van der Waals surface area (Å²) in [7, 11) is 0. The third-order valence-corrected chi connectivity index (χ3v) is 2.45.